The molecule has 0 aliphatic carbocycles. The summed E-state index contributed by atoms with van der Waals surface area (Å²) in [5, 5.41) is 16.3. The summed E-state index contributed by atoms with van der Waals surface area (Å²) in [5.41, 5.74) is 2.67. The first-order chi connectivity index (χ1) is 16.4. The van der Waals surface area contributed by atoms with Crippen LogP contribution in [0.25, 0.3) is 0 Å². The first-order valence-electron chi connectivity index (χ1n) is 11.0. The van der Waals surface area contributed by atoms with Crippen molar-refractivity contribution in [1.29, 1.82) is 0 Å². The van der Waals surface area contributed by atoms with Gasteiger partial charge in [-0.1, -0.05) is 43.7 Å². The number of hydrogen-bond donors (Lipinski definition) is 2. The minimum Gasteiger partial charge on any atom is -0.326 e. The normalized spacial score (nSPS) is 11.5. The summed E-state index contributed by atoms with van der Waals surface area (Å²) in [6, 6.07) is 21.2. The van der Waals surface area contributed by atoms with Crippen LogP contribution in [0.4, 0.5) is 17.1 Å². The van der Waals surface area contributed by atoms with E-state index in [0.717, 1.165) is 23.3 Å². The maximum absolute atomic E-state index is 13.3. The average molecular weight is 478 g/mol. The molecule has 0 bridgehead atoms. The topological polar surface area (TPSA) is 101 Å². The van der Waals surface area contributed by atoms with Crippen molar-refractivity contribution in [3.63, 3.8) is 0 Å². The van der Waals surface area contributed by atoms with E-state index < -0.39 is 10.2 Å². The molecule has 2 N–H and O–H groups in total. The predicted molar refractivity (Wildman–Crippen MR) is 136 cm³/mol. The minimum absolute atomic E-state index is 0.0118. The number of nitrogens with zero attached hydrogens (tertiary/aromatic N) is 1. The van der Waals surface area contributed by atoms with Gasteiger partial charge in [0.1, 0.15) is 5.25 Å². The quantitative estimate of drug-likeness (QED) is 0.197. The van der Waals surface area contributed by atoms with Crippen LogP contribution < -0.4 is 10.6 Å². The van der Waals surface area contributed by atoms with Gasteiger partial charge in [-0.05, 0) is 54.8 Å². The molecule has 1 atom stereocenters. The summed E-state index contributed by atoms with van der Waals surface area (Å²) < 4.78 is 0. The molecule has 3 aromatic carbocycles. The smallest absolute Gasteiger partial charge is 0.269 e. The van der Waals surface area contributed by atoms with Crippen LogP contribution in [0, 0.1) is 17.0 Å². The fraction of sp³-hybridized carbons (Fsp3) is 0.231. The van der Waals surface area contributed by atoms with Gasteiger partial charge in [-0.3, -0.25) is 19.7 Å². The van der Waals surface area contributed by atoms with E-state index in [1.54, 1.807) is 13.0 Å². The Kier molecular flexibility index (Phi) is 8.81. The van der Waals surface area contributed by atoms with E-state index in [-0.39, 0.29) is 17.5 Å². The van der Waals surface area contributed by atoms with Gasteiger partial charge >= 0.3 is 0 Å². The van der Waals surface area contributed by atoms with E-state index in [1.807, 2.05) is 61.5 Å². The summed E-state index contributed by atoms with van der Waals surface area (Å²) in [7, 11) is 0. The lowest BCUT2D eigenvalue weighted by Gasteiger charge is -2.18. The number of nitrogens with one attached hydrogen (secondary N) is 2. The van der Waals surface area contributed by atoms with Crippen molar-refractivity contribution < 1.29 is 14.5 Å². The van der Waals surface area contributed by atoms with Gasteiger partial charge in [0.25, 0.3) is 5.69 Å². The van der Waals surface area contributed by atoms with Gasteiger partial charge in [0.2, 0.25) is 11.8 Å². The highest BCUT2D eigenvalue weighted by atomic mass is 32.2. The minimum atomic E-state index is -0.541. The molecule has 8 heteroatoms. The number of rotatable bonds is 10. The van der Waals surface area contributed by atoms with Crippen LogP contribution >= 0.6 is 11.8 Å². The zero-order valence-electron chi connectivity index (χ0n) is 19.1. The van der Waals surface area contributed by atoms with Gasteiger partial charge in [-0.25, -0.2) is 0 Å². The highest BCUT2D eigenvalue weighted by Crippen LogP contribution is 2.37. The zero-order valence-corrected chi connectivity index (χ0v) is 19.9. The van der Waals surface area contributed by atoms with E-state index in [4.69, 9.17) is 0 Å². The standard InChI is InChI=1S/C26H27N3O4S/c1-3-4-10-24(30)27-20-11-14-22(15-12-20)34-25(19-8-6-5-7-9-19)26(31)28-23-16-13-21(29(32)33)17-18(23)2/h5-9,11-17,25H,3-4,10H2,1-2H3,(H,27,30)(H,28,31). The Morgan fingerprint density at radius 2 is 1.71 bits per heavy atom. The third kappa shape index (κ3) is 6.92. The van der Waals surface area contributed by atoms with Crippen LogP contribution in [0.3, 0.4) is 0 Å². The Hall–Kier alpha value is -3.65. The third-order valence-corrected chi connectivity index (χ3v) is 6.43. The van der Waals surface area contributed by atoms with E-state index in [0.29, 0.717) is 23.4 Å². The van der Waals surface area contributed by atoms with Crippen LogP contribution in [0.5, 0.6) is 0 Å². The summed E-state index contributed by atoms with van der Waals surface area (Å²) in [6.45, 7) is 3.77. The summed E-state index contributed by atoms with van der Waals surface area (Å²) in [5.74, 6) is -0.243. The number of hydrogen-bond acceptors (Lipinski definition) is 5. The van der Waals surface area contributed by atoms with Gasteiger partial charge in [-0.15, -0.1) is 11.8 Å². The lowest BCUT2D eigenvalue weighted by molar-refractivity contribution is -0.384. The second kappa shape index (κ2) is 12.0. The third-order valence-electron chi connectivity index (χ3n) is 5.17. The molecule has 0 aliphatic heterocycles. The van der Waals surface area contributed by atoms with Crippen molar-refractivity contribution in [1.82, 2.24) is 0 Å². The van der Waals surface area contributed by atoms with Gasteiger partial charge in [0.15, 0.2) is 0 Å². The van der Waals surface area contributed by atoms with Crippen molar-refractivity contribution in [3.05, 3.63) is 94.0 Å². The van der Waals surface area contributed by atoms with E-state index in [2.05, 4.69) is 10.6 Å². The molecule has 1 unspecified atom stereocenters. The number of thioether (sulfide) groups is 1. The molecule has 176 valence electrons. The number of nitro groups is 1. The van der Waals surface area contributed by atoms with Crippen LogP contribution in [-0.2, 0) is 9.59 Å². The number of unbranched alkanes of at least 4 members (excludes halogenated alkanes) is 1. The highest BCUT2D eigenvalue weighted by molar-refractivity contribution is 8.00. The molecular formula is C26H27N3O4S. The van der Waals surface area contributed by atoms with Crippen molar-refractivity contribution in [2.45, 2.75) is 43.3 Å². The predicted octanol–water partition coefficient (Wildman–Crippen LogP) is 6.50. The molecule has 3 rings (SSSR count). The summed E-state index contributed by atoms with van der Waals surface area (Å²) in [4.78, 5) is 36.7. The largest absolute Gasteiger partial charge is 0.326 e. The van der Waals surface area contributed by atoms with Crippen LogP contribution in [-0.4, -0.2) is 16.7 Å². The monoisotopic (exact) mass is 477 g/mol. The van der Waals surface area contributed by atoms with Crippen molar-refractivity contribution in [3.8, 4) is 0 Å². The van der Waals surface area contributed by atoms with E-state index in [1.165, 1.54) is 23.9 Å². The lowest BCUT2D eigenvalue weighted by Crippen LogP contribution is -2.19. The van der Waals surface area contributed by atoms with Crippen LogP contribution in [0.2, 0.25) is 0 Å². The Labute approximate surface area is 203 Å². The molecule has 0 saturated carbocycles. The molecule has 3 aromatic rings. The molecule has 7 nitrogen and oxygen atoms in total. The molecule has 0 spiro atoms. The molecule has 0 heterocycles. The molecule has 0 fully saturated rings. The van der Waals surface area contributed by atoms with Crippen molar-refractivity contribution in [2.24, 2.45) is 0 Å². The number of nitro benzene ring substituents is 1. The Morgan fingerprint density at radius 3 is 2.32 bits per heavy atom. The first-order valence-corrected chi connectivity index (χ1v) is 11.9. The summed E-state index contributed by atoms with van der Waals surface area (Å²) >= 11 is 1.39. The first kappa shape index (κ1) is 25.0. The fourth-order valence-corrected chi connectivity index (χ4v) is 4.34. The molecule has 34 heavy (non-hydrogen) atoms. The lowest BCUT2D eigenvalue weighted by atomic mass is 10.1. The second-order valence-electron chi connectivity index (χ2n) is 7.83. The number of carbonyl (C=O) groups excluding carboxylic acids is 2. The molecule has 0 radical (unpaired) electrons. The Bertz CT molecular complexity index is 1150. The molecule has 2 amide bonds. The fourth-order valence-electron chi connectivity index (χ4n) is 3.31. The van der Waals surface area contributed by atoms with Gasteiger partial charge < -0.3 is 10.6 Å². The SMILES string of the molecule is CCCCC(=O)Nc1ccc(SC(C(=O)Nc2ccc([N+](=O)[O-])cc2C)c2ccccc2)cc1. The maximum atomic E-state index is 13.3. The van der Waals surface area contributed by atoms with Gasteiger partial charge in [-0.2, -0.15) is 0 Å². The molecule has 0 aliphatic rings. The van der Waals surface area contributed by atoms with Gasteiger partial charge in [0.05, 0.1) is 4.92 Å². The summed E-state index contributed by atoms with van der Waals surface area (Å²) in [6.07, 6.45) is 2.30. The highest BCUT2D eigenvalue weighted by Gasteiger charge is 2.23. The van der Waals surface area contributed by atoms with Crippen molar-refractivity contribution >= 4 is 40.6 Å². The van der Waals surface area contributed by atoms with E-state index >= 15 is 0 Å². The Morgan fingerprint density at radius 1 is 1.00 bits per heavy atom. The zero-order chi connectivity index (χ0) is 24.5. The number of anilines is 2. The Balaban J connectivity index is 1.76. The van der Waals surface area contributed by atoms with Gasteiger partial charge in [0, 0.05) is 34.8 Å². The van der Waals surface area contributed by atoms with Crippen molar-refractivity contribution in [2.75, 3.05) is 10.6 Å². The molecule has 0 aromatic heterocycles. The number of aryl methyl sites for hydroxylation is 1. The molecular weight excluding hydrogens is 450 g/mol. The molecule has 0 saturated heterocycles. The maximum Gasteiger partial charge on any atom is 0.269 e. The van der Waals surface area contributed by atoms with Crippen LogP contribution in [0.1, 0.15) is 42.6 Å². The number of amides is 2. The van der Waals surface area contributed by atoms with E-state index in [9.17, 15) is 19.7 Å². The average Bonchev–Trinajstić information content (AvgIpc) is 2.83. The number of non-ortho nitro benzene ring substituents is 1. The number of benzene rings is 3. The second-order valence-corrected chi connectivity index (χ2v) is 9.01. The number of carbonyl (C=O) groups is 2. The van der Waals surface area contributed by atoms with Crippen LogP contribution in [0.15, 0.2) is 77.7 Å².